The standard InChI is InChI=1S/C12H22N2O3/c1-12(2-4-17-9-12)8-14-11(15)6-10-7-16-5-3-13-10/h10,13H,2-9H2,1H3,(H,14,15). The van der Waals surface area contributed by atoms with E-state index >= 15 is 0 Å². The highest BCUT2D eigenvalue weighted by atomic mass is 16.5. The van der Waals surface area contributed by atoms with Crippen LogP contribution in [-0.4, -0.2) is 51.5 Å². The average molecular weight is 242 g/mol. The zero-order chi connectivity index (χ0) is 12.1. The molecule has 2 atom stereocenters. The van der Waals surface area contributed by atoms with E-state index < -0.39 is 0 Å². The van der Waals surface area contributed by atoms with Gasteiger partial charge in [0.05, 0.1) is 19.8 Å². The molecule has 0 bridgehead atoms. The molecule has 2 saturated heterocycles. The van der Waals surface area contributed by atoms with E-state index in [2.05, 4.69) is 17.6 Å². The molecular formula is C12H22N2O3. The SMILES string of the molecule is CC1(CNC(=O)CC2COCCN2)CCOC1. The fourth-order valence-corrected chi connectivity index (χ4v) is 2.21. The first-order valence-electron chi connectivity index (χ1n) is 6.34. The van der Waals surface area contributed by atoms with Crippen LogP contribution in [0.4, 0.5) is 0 Å². The highest BCUT2D eigenvalue weighted by molar-refractivity contribution is 5.76. The van der Waals surface area contributed by atoms with Crippen LogP contribution in [0.2, 0.25) is 0 Å². The molecule has 0 aromatic heterocycles. The Morgan fingerprint density at radius 2 is 2.35 bits per heavy atom. The number of amides is 1. The van der Waals surface area contributed by atoms with E-state index in [1.165, 1.54) is 0 Å². The van der Waals surface area contributed by atoms with Gasteiger partial charge in [0.25, 0.3) is 0 Å². The van der Waals surface area contributed by atoms with Gasteiger partial charge < -0.3 is 20.1 Å². The number of carbonyl (C=O) groups excluding carboxylic acids is 1. The third-order valence-corrected chi connectivity index (χ3v) is 3.44. The molecular weight excluding hydrogens is 220 g/mol. The fourth-order valence-electron chi connectivity index (χ4n) is 2.21. The lowest BCUT2D eigenvalue weighted by Gasteiger charge is -2.25. The Labute approximate surface area is 102 Å². The molecule has 0 saturated carbocycles. The summed E-state index contributed by atoms with van der Waals surface area (Å²) in [7, 11) is 0. The second kappa shape index (κ2) is 5.80. The number of rotatable bonds is 4. The fraction of sp³-hybridized carbons (Fsp3) is 0.917. The van der Waals surface area contributed by atoms with Crippen LogP contribution in [0.5, 0.6) is 0 Å². The van der Waals surface area contributed by atoms with Gasteiger partial charge in [-0.3, -0.25) is 4.79 Å². The van der Waals surface area contributed by atoms with Gasteiger partial charge in [-0.15, -0.1) is 0 Å². The van der Waals surface area contributed by atoms with Gasteiger partial charge in [0.15, 0.2) is 0 Å². The van der Waals surface area contributed by atoms with Crippen molar-refractivity contribution in [3.05, 3.63) is 0 Å². The number of carbonyl (C=O) groups is 1. The van der Waals surface area contributed by atoms with Crippen LogP contribution in [-0.2, 0) is 14.3 Å². The number of ether oxygens (including phenoxy) is 2. The molecule has 2 N–H and O–H groups in total. The highest BCUT2D eigenvalue weighted by Gasteiger charge is 2.30. The molecule has 0 aliphatic carbocycles. The minimum absolute atomic E-state index is 0.0983. The summed E-state index contributed by atoms with van der Waals surface area (Å²) in [6, 6.07) is 0.163. The highest BCUT2D eigenvalue weighted by Crippen LogP contribution is 2.26. The topological polar surface area (TPSA) is 59.6 Å². The zero-order valence-corrected chi connectivity index (χ0v) is 10.5. The Hall–Kier alpha value is -0.650. The largest absolute Gasteiger partial charge is 0.381 e. The molecule has 5 nitrogen and oxygen atoms in total. The van der Waals surface area contributed by atoms with E-state index in [1.54, 1.807) is 0 Å². The van der Waals surface area contributed by atoms with Crippen LogP contribution in [0.15, 0.2) is 0 Å². The molecule has 2 heterocycles. The Morgan fingerprint density at radius 3 is 3.00 bits per heavy atom. The molecule has 98 valence electrons. The maximum atomic E-state index is 11.8. The summed E-state index contributed by atoms with van der Waals surface area (Å²) in [5.74, 6) is 0.0983. The maximum Gasteiger partial charge on any atom is 0.221 e. The summed E-state index contributed by atoms with van der Waals surface area (Å²) in [5.41, 5.74) is 0.117. The summed E-state index contributed by atoms with van der Waals surface area (Å²) >= 11 is 0. The number of nitrogens with one attached hydrogen (secondary N) is 2. The van der Waals surface area contributed by atoms with E-state index in [0.717, 1.165) is 32.8 Å². The molecule has 2 aliphatic heterocycles. The van der Waals surface area contributed by atoms with Crippen LogP contribution in [0.25, 0.3) is 0 Å². The van der Waals surface area contributed by atoms with Crippen LogP contribution in [0.3, 0.4) is 0 Å². The molecule has 17 heavy (non-hydrogen) atoms. The molecule has 2 unspecified atom stereocenters. The first-order valence-corrected chi connectivity index (χ1v) is 6.34. The summed E-state index contributed by atoms with van der Waals surface area (Å²) in [4.78, 5) is 11.8. The predicted octanol–water partition coefficient (Wildman–Crippen LogP) is -0.0923. The van der Waals surface area contributed by atoms with Gasteiger partial charge in [0.2, 0.25) is 5.91 Å². The van der Waals surface area contributed by atoms with Crippen LogP contribution in [0, 0.1) is 5.41 Å². The lowest BCUT2D eigenvalue weighted by atomic mass is 9.90. The molecule has 0 radical (unpaired) electrons. The number of hydrogen-bond donors (Lipinski definition) is 2. The molecule has 1 amide bonds. The van der Waals surface area contributed by atoms with Gasteiger partial charge in [0.1, 0.15) is 0 Å². The van der Waals surface area contributed by atoms with Gasteiger partial charge in [-0.25, -0.2) is 0 Å². The monoisotopic (exact) mass is 242 g/mol. The maximum absolute atomic E-state index is 11.8. The van der Waals surface area contributed by atoms with Crippen molar-refractivity contribution in [3.8, 4) is 0 Å². The molecule has 0 aromatic rings. The van der Waals surface area contributed by atoms with Gasteiger partial charge >= 0.3 is 0 Å². The van der Waals surface area contributed by atoms with Crippen molar-refractivity contribution < 1.29 is 14.3 Å². The van der Waals surface area contributed by atoms with Crippen molar-refractivity contribution in [2.45, 2.75) is 25.8 Å². The average Bonchev–Trinajstić information content (AvgIpc) is 2.76. The minimum atomic E-state index is 0.0983. The third-order valence-electron chi connectivity index (χ3n) is 3.44. The van der Waals surface area contributed by atoms with Crippen molar-refractivity contribution in [1.82, 2.24) is 10.6 Å². The van der Waals surface area contributed by atoms with E-state index in [0.29, 0.717) is 19.6 Å². The van der Waals surface area contributed by atoms with Crippen molar-refractivity contribution in [2.75, 3.05) is 39.5 Å². The molecule has 2 fully saturated rings. The van der Waals surface area contributed by atoms with Gasteiger partial charge in [-0.2, -0.15) is 0 Å². The van der Waals surface area contributed by atoms with E-state index in [1.807, 2.05) is 0 Å². The number of morpholine rings is 1. The lowest BCUT2D eigenvalue weighted by molar-refractivity contribution is -0.122. The second-order valence-corrected chi connectivity index (χ2v) is 5.32. The smallest absolute Gasteiger partial charge is 0.221 e. The van der Waals surface area contributed by atoms with Crippen molar-refractivity contribution in [2.24, 2.45) is 5.41 Å². The second-order valence-electron chi connectivity index (χ2n) is 5.32. The number of hydrogen-bond acceptors (Lipinski definition) is 4. The zero-order valence-electron chi connectivity index (χ0n) is 10.5. The summed E-state index contributed by atoms with van der Waals surface area (Å²) in [6.45, 7) is 6.63. The normalized spacial score (nSPS) is 33.6. The summed E-state index contributed by atoms with van der Waals surface area (Å²) in [5, 5.41) is 6.27. The Bertz CT molecular complexity index is 258. The minimum Gasteiger partial charge on any atom is -0.381 e. The van der Waals surface area contributed by atoms with Crippen LogP contribution >= 0.6 is 0 Å². The summed E-state index contributed by atoms with van der Waals surface area (Å²) < 4.78 is 10.7. The lowest BCUT2D eigenvalue weighted by Crippen LogP contribution is -2.45. The predicted molar refractivity (Wildman–Crippen MR) is 63.8 cm³/mol. The van der Waals surface area contributed by atoms with E-state index in [4.69, 9.17) is 9.47 Å². The van der Waals surface area contributed by atoms with E-state index in [9.17, 15) is 4.79 Å². The molecule has 2 aliphatic rings. The van der Waals surface area contributed by atoms with Gasteiger partial charge in [-0.05, 0) is 6.42 Å². The summed E-state index contributed by atoms with van der Waals surface area (Å²) in [6.07, 6.45) is 1.52. The van der Waals surface area contributed by atoms with E-state index in [-0.39, 0.29) is 17.4 Å². The Kier molecular flexibility index (Phi) is 4.36. The Balaban J connectivity index is 1.66. The van der Waals surface area contributed by atoms with Crippen molar-refractivity contribution in [1.29, 1.82) is 0 Å². The van der Waals surface area contributed by atoms with Gasteiger partial charge in [0, 0.05) is 37.6 Å². The first kappa shape index (κ1) is 12.8. The first-order chi connectivity index (χ1) is 8.18. The van der Waals surface area contributed by atoms with Crippen LogP contribution < -0.4 is 10.6 Å². The van der Waals surface area contributed by atoms with Crippen molar-refractivity contribution >= 4 is 5.91 Å². The quantitative estimate of drug-likeness (QED) is 0.723. The molecule has 0 aromatic carbocycles. The molecule has 0 spiro atoms. The van der Waals surface area contributed by atoms with Crippen LogP contribution in [0.1, 0.15) is 19.8 Å². The Morgan fingerprint density at radius 1 is 1.47 bits per heavy atom. The third kappa shape index (κ3) is 3.94. The molecule has 2 rings (SSSR count). The van der Waals surface area contributed by atoms with Crippen molar-refractivity contribution in [3.63, 3.8) is 0 Å². The molecule has 5 heteroatoms. The van der Waals surface area contributed by atoms with Gasteiger partial charge in [-0.1, -0.05) is 6.92 Å².